The molecule has 1 fully saturated rings. The molecule has 0 aliphatic heterocycles. The standard InChI is InChI=1S/C12H16N2O4S/c1-14(19(17,18)7-8-2-3-8)11-5-4-9(13)6-10(11)12(15)16/h4-6,8H,2-3,7,13H2,1H3,(H,15,16). The van der Waals surface area contributed by atoms with E-state index in [0.29, 0.717) is 0 Å². The molecule has 0 unspecified atom stereocenters. The van der Waals surface area contributed by atoms with Crippen molar-refractivity contribution in [1.29, 1.82) is 0 Å². The minimum absolute atomic E-state index is 0.0624. The van der Waals surface area contributed by atoms with Gasteiger partial charge in [0, 0.05) is 12.7 Å². The number of hydrogen-bond donors (Lipinski definition) is 2. The average Bonchev–Trinajstić information content (AvgIpc) is 3.11. The number of nitrogen functional groups attached to an aromatic ring is 1. The Bertz CT molecular complexity index is 608. The van der Waals surface area contributed by atoms with Gasteiger partial charge in [-0.3, -0.25) is 4.31 Å². The van der Waals surface area contributed by atoms with Gasteiger partial charge in [0.25, 0.3) is 0 Å². The Morgan fingerprint density at radius 2 is 2.11 bits per heavy atom. The molecule has 0 heterocycles. The van der Waals surface area contributed by atoms with Crippen molar-refractivity contribution in [3.63, 3.8) is 0 Å². The first-order valence-corrected chi connectivity index (χ1v) is 7.51. The molecule has 0 spiro atoms. The number of carboxylic acids is 1. The minimum Gasteiger partial charge on any atom is -0.478 e. The smallest absolute Gasteiger partial charge is 0.337 e. The molecule has 0 bridgehead atoms. The molecule has 6 nitrogen and oxygen atoms in total. The van der Waals surface area contributed by atoms with Gasteiger partial charge in [-0.1, -0.05) is 0 Å². The second-order valence-corrected chi connectivity index (χ2v) is 6.82. The Balaban J connectivity index is 2.37. The molecule has 1 aliphatic carbocycles. The fraction of sp³-hybridized carbons (Fsp3) is 0.417. The van der Waals surface area contributed by atoms with Gasteiger partial charge in [-0.25, -0.2) is 13.2 Å². The van der Waals surface area contributed by atoms with Crippen LogP contribution in [-0.2, 0) is 10.0 Å². The molecule has 0 saturated heterocycles. The Morgan fingerprint density at radius 3 is 2.63 bits per heavy atom. The van der Waals surface area contributed by atoms with E-state index in [1.54, 1.807) is 0 Å². The van der Waals surface area contributed by atoms with Crippen LogP contribution in [0.5, 0.6) is 0 Å². The van der Waals surface area contributed by atoms with E-state index in [2.05, 4.69) is 0 Å². The highest BCUT2D eigenvalue weighted by Gasteiger charge is 2.31. The topological polar surface area (TPSA) is 101 Å². The van der Waals surface area contributed by atoms with E-state index in [9.17, 15) is 13.2 Å². The second-order valence-electron chi connectivity index (χ2n) is 4.77. The Labute approximate surface area is 111 Å². The summed E-state index contributed by atoms with van der Waals surface area (Å²) in [5, 5.41) is 9.12. The van der Waals surface area contributed by atoms with E-state index < -0.39 is 16.0 Å². The van der Waals surface area contributed by atoms with Gasteiger partial charge in [0.2, 0.25) is 10.0 Å². The van der Waals surface area contributed by atoms with Crippen LogP contribution in [-0.4, -0.2) is 32.3 Å². The van der Waals surface area contributed by atoms with Gasteiger partial charge < -0.3 is 10.8 Å². The molecule has 3 N–H and O–H groups in total. The molecule has 1 aliphatic rings. The summed E-state index contributed by atoms with van der Waals surface area (Å²) in [5.41, 5.74) is 5.85. The van der Waals surface area contributed by atoms with Crippen LogP contribution in [0.3, 0.4) is 0 Å². The fourth-order valence-corrected chi connectivity index (χ4v) is 3.46. The monoisotopic (exact) mass is 284 g/mol. The highest BCUT2D eigenvalue weighted by molar-refractivity contribution is 7.92. The van der Waals surface area contributed by atoms with Gasteiger partial charge in [-0.05, 0) is 37.0 Å². The van der Waals surface area contributed by atoms with Crippen LogP contribution < -0.4 is 10.0 Å². The lowest BCUT2D eigenvalue weighted by molar-refractivity contribution is 0.0698. The first kappa shape index (κ1) is 13.7. The van der Waals surface area contributed by atoms with Crippen molar-refractivity contribution in [3.8, 4) is 0 Å². The molecular weight excluding hydrogens is 268 g/mol. The SMILES string of the molecule is CN(c1ccc(N)cc1C(=O)O)S(=O)(=O)CC1CC1. The largest absolute Gasteiger partial charge is 0.478 e. The van der Waals surface area contributed by atoms with Crippen molar-refractivity contribution in [1.82, 2.24) is 0 Å². The highest BCUT2D eigenvalue weighted by Crippen LogP contribution is 2.33. The summed E-state index contributed by atoms with van der Waals surface area (Å²) >= 11 is 0. The lowest BCUT2D eigenvalue weighted by Gasteiger charge is -2.21. The van der Waals surface area contributed by atoms with Crippen LogP contribution in [0.25, 0.3) is 0 Å². The summed E-state index contributed by atoms with van der Waals surface area (Å²) in [5.74, 6) is -0.933. The van der Waals surface area contributed by atoms with Gasteiger partial charge in [0.1, 0.15) is 0 Å². The van der Waals surface area contributed by atoms with Crippen molar-refractivity contribution in [2.24, 2.45) is 5.92 Å². The fourth-order valence-electron chi connectivity index (χ4n) is 1.84. The Morgan fingerprint density at radius 1 is 1.47 bits per heavy atom. The van der Waals surface area contributed by atoms with Gasteiger partial charge >= 0.3 is 5.97 Å². The van der Waals surface area contributed by atoms with E-state index in [-0.39, 0.29) is 28.6 Å². The highest BCUT2D eigenvalue weighted by atomic mass is 32.2. The zero-order valence-corrected chi connectivity index (χ0v) is 11.4. The van der Waals surface area contributed by atoms with Crippen LogP contribution in [0.1, 0.15) is 23.2 Å². The number of carbonyl (C=O) groups is 1. The summed E-state index contributed by atoms with van der Waals surface area (Å²) < 4.78 is 25.3. The summed E-state index contributed by atoms with van der Waals surface area (Å²) in [4.78, 5) is 11.2. The number of anilines is 2. The zero-order valence-electron chi connectivity index (χ0n) is 10.5. The zero-order chi connectivity index (χ0) is 14.2. The van der Waals surface area contributed by atoms with E-state index in [1.807, 2.05) is 0 Å². The Kier molecular flexibility index (Phi) is 3.40. The summed E-state index contributed by atoms with van der Waals surface area (Å²) in [6.07, 6.45) is 1.83. The van der Waals surface area contributed by atoms with Crippen LogP contribution in [0.4, 0.5) is 11.4 Å². The van der Waals surface area contributed by atoms with Crippen molar-refractivity contribution in [3.05, 3.63) is 23.8 Å². The van der Waals surface area contributed by atoms with Crippen LogP contribution >= 0.6 is 0 Å². The molecule has 0 aromatic heterocycles. The normalized spacial score (nSPS) is 15.2. The van der Waals surface area contributed by atoms with E-state index >= 15 is 0 Å². The summed E-state index contributed by atoms with van der Waals surface area (Å²) in [6, 6.07) is 4.18. The molecular formula is C12H16N2O4S. The van der Waals surface area contributed by atoms with Crippen molar-refractivity contribution < 1.29 is 18.3 Å². The van der Waals surface area contributed by atoms with Crippen molar-refractivity contribution >= 4 is 27.4 Å². The van der Waals surface area contributed by atoms with Gasteiger partial charge in [0.15, 0.2) is 0 Å². The molecule has 19 heavy (non-hydrogen) atoms. The first-order valence-electron chi connectivity index (χ1n) is 5.90. The number of nitrogens with two attached hydrogens (primary N) is 1. The number of hydrogen-bond acceptors (Lipinski definition) is 4. The molecule has 0 atom stereocenters. The molecule has 0 radical (unpaired) electrons. The van der Waals surface area contributed by atoms with Gasteiger partial charge in [-0.2, -0.15) is 0 Å². The third-order valence-electron chi connectivity index (χ3n) is 3.15. The predicted octanol–water partition coefficient (Wildman–Crippen LogP) is 1.14. The molecule has 1 aromatic carbocycles. The first-order chi connectivity index (χ1) is 8.81. The van der Waals surface area contributed by atoms with Crippen molar-refractivity contribution in [2.45, 2.75) is 12.8 Å². The number of nitrogens with zero attached hydrogens (tertiary/aromatic N) is 1. The quantitative estimate of drug-likeness (QED) is 0.790. The van der Waals surface area contributed by atoms with Gasteiger partial charge in [0.05, 0.1) is 17.0 Å². The second kappa shape index (κ2) is 4.73. The molecule has 1 aromatic rings. The molecule has 1 saturated carbocycles. The molecule has 7 heteroatoms. The lowest BCUT2D eigenvalue weighted by atomic mass is 10.1. The number of benzene rings is 1. The maximum Gasteiger partial charge on any atom is 0.337 e. The predicted molar refractivity (Wildman–Crippen MR) is 72.7 cm³/mol. The van der Waals surface area contributed by atoms with Crippen LogP contribution in [0, 0.1) is 5.92 Å². The minimum atomic E-state index is -3.49. The maximum atomic E-state index is 12.1. The summed E-state index contributed by atoms with van der Waals surface area (Å²) in [6.45, 7) is 0. The molecule has 0 amide bonds. The third-order valence-corrected chi connectivity index (χ3v) is 5.07. The number of aromatic carboxylic acids is 1. The molecule has 2 rings (SSSR count). The average molecular weight is 284 g/mol. The Hall–Kier alpha value is -1.76. The van der Waals surface area contributed by atoms with Crippen LogP contribution in [0.15, 0.2) is 18.2 Å². The van der Waals surface area contributed by atoms with Crippen molar-refractivity contribution in [2.75, 3.05) is 22.8 Å². The van der Waals surface area contributed by atoms with Crippen LogP contribution in [0.2, 0.25) is 0 Å². The number of carboxylic acid groups (broad SMARTS) is 1. The molecule has 104 valence electrons. The number of sulfonamides is 1. The van der Waals surface area contributed by atoms with E-state index in [4.69, 9.17) is 10.8 Å². The van der Waals surface area contributed by atoms with E-state index in [1.165, 1.54) is 25.2 Å². The lowest BCUT2D eigenvalue weighted by Crippen LogP contribution is -2.31. The number of rotatable bonds is 5. The summed E-state index contributed by atoms with van der Waals surface area (Å²) in [7, 11) is -2.12. The third kappa shape index (κ3) is 2.98. The van der Waals surface area contributed by atoms with Gasteiger partial charge in [-0.15, -0.1) is 0 Å². The van der Waals surface area contributed by atoms with E-state index in [0.717, 1.165) is 17.1 Å². The maximum absolute atomic E-state index is 12.1.